The van der Waals surface area contributed by atoms with Gasteiger partial charge in [-0.1, -0.05) is 5.16 Å². The molecule has 0 aliphatic carbocycles. The summed E-state index contributed by atoms with van der Waals surface area (Å²) >= 11 is 1.16. The standard InChI is InChI=1S/C23H20FN5O4S/c1-13-26-21(29-33-13)14-5-7-17(8-6-14)27-20(22(34-4)28-23(30)32-3)16-11-15(9-10-25)19(24)18(12-16)31-2/h5-8,11-12H,9H2,1-4H3/b27-20-,28-22-. The largest absolute Gasteiger partial charge is 0.494 e. The van der Waals surface area contributed by atoms with Gasteiger partial charge in [0, 0.05) is 23.6 Å². The average Bonchev–Trinajstić information content (AvgIpc) is 3.29. The lowest BCUT2D eigenvalue weighted by atomic mass is 10.0. The van der Waals surface area contributed by atoms with Crippen LogP contribution in [0.1, 0.15) is 17.0 Å². The molecule has 0 radical (unpaired) electrons. The molecule has 0 saturated heterocycles. The molecule has 34 heavy (non-hydrogen) atoms. The van der Waals surface area contributed by atoms with Gasteiger partial charge in [0.05, 0.1) is 32.4 Å². The molecule has 174 valence electrons. The maximum atomic E-state index is 14.6. The van der Waals surface area contributed by atoms with Gasteiger partial charge < -0.3 is 14.0 Å². The van der Waals surface area contributed by atoms with E-state index in [0.29, 0.717) is 23.0 Å². The third-order valence-electron chi connectivity index (χ3n) is 4.53. The summed E-state index contributed by atoms with van der Waals surface area (Å²) in [6.07, 6.45) is 0.729. The lowest BCUT2D eigenvalue weighted by Gasteiger charge is -2.13. The molecular weight excluding hydrogens is 461 g/mol. The van der Waals surface area contributed by atoms with Gasteiger partial charge in [-0.2, -0.15) is 15.2 Å². The fourth-order valence-corrected chi connectivity index (χ4v) is 3.47. The zero-order valence-corrected chi connectivity index (χ0v) is 19.6. The van der Waals surface area contributed by atoms with Crippen molar-refractivity contribution in [2.24, 2.45) is 9.98 Å². The Morgan fingerprint density at radius 2 is 2.00 bits per heavy atom. The number of aryl methyl sites for hydroxylation is 1. The Morgan fingerprint density at radius 1 is 1.26 bits per heavy atom. The quantitative estimate of drug-likeness (QED) is 0.359. The van der Waals surface area contributed by atoms with Crippen molar-refractivity contribution in [3.05, 3.63) is 59.2 Å². The zero-order valence-electron chi connectivity index (χ0n) is 18.8. The number of nitriles is 1. The second-order valence-corrected chi connectivity index (χ2v) is 7.52. The number of thioether (sulfide) groups is 1. The van der Waals surface area contributed by atoms with E-state index in [1.807, 2.05) is 6.07 Å². The highest BCUT2D eigenvalue weighted by atomic mass is 32.2. The summed E-state index contributed by atoms with van der Waals surface area (Å²) in [5, 5.41) is 13.2. The van der Waals surface area contributed by atoms with E-state index in [1.165, 1.54) is 26.4 Å². The lowest BCUT2D eigenvalue weighted by molar-refractivity contribution is 0.183. The smallest absolute Gasteiger partial charge is 0.434 e. The highest BCUT2D eigenvalue weighted by Gasteiger charge is 2.19. The second-order valence-electron chi connectivity index (χ2n) is 6.72. The molecule has 3 aromatic rings. The molecule has 1 heterocycles. The van der Waals surface area contributed by atoms with Gasteiger partial charge in [-0.3, -0.25) is 0 Å². The first-order valence-corrected chi connectivity index (χ1v) is 11.1. The van der Waals surface area contributed by atoms with Crippen LogP contribution in [0.25, 0.3) is 11.4 Å². The van der Waals surface area contributed by atoms with Gasteiger partial charge in [0.2, 0.25) is 11.7 Å². The molecule has 1 aromatic heterocycles. The maximum Gasteiger partial charge on any atom is 0.434 e. The fraction of sp³-hybridized carbons (Fsp3) is 0.217. The minimum Gasteiger partial charge on any atom is -0.494 e. The number of carbonyl (C=O) groups excluding carboxylic acids is 1. The number of amides is 1. The Bertz CT molecular complexity index is 1300. The summed E-state index contributed by atoms with van der Waals surface area (Å²) in [5.74, 6) is 0.190. The Kier molecular flexibility index (Phi) is 8.10. The normalized spacial score (nSPS) is 11.8. The first-order chi connectivity index (χ1) is 16.4. The van der Waals surface area contributed by atoms with Crippen LogP contribution in [0.3, 0.4) is 0 Å². The van der Waals surface area contributed by atoms with Gasteiger partial charge in [0.25, 0.3) is 0 Å². The predicted octanol–water partition coefficient (Wildman–Crippen LogP) is 4.91. The van der Waals surface area contributed by atoms with E-state index in [9.17, 15) is 9.18 Å². The van der Waals surface area contributed by atoms with Crippen molar-refractivity contribution in [3.8, 4) is 23.2 Å². The van der Waals surface area contributed by atoms with Crippen LogP contribution in [0.4, 0.5) is 14.9 Å². The van der Waals surface area contributed by atoms with Crippen LogP contribution < -0.4 is 4.74 Å². The summed E-state index contributed by atoms with van der Waals surface area (Å²) in [5.41, 5.74) is 2.07. The number of halogens is 1. The van der Waals surface area contributed by atoms with E-state index in [4.69, 9.17) is 14.5 Å². The lowest BCUT2D eigenvalue weighted by Crippen LogP contribution is -2.15. The van der Waals surface area contributed by atoms with Crippen molar-refractivity contribution in [1.82, 2.24) is 10.1 Å². The molecule has 3 rings (SSSR count). The third-order valence-corrected chi connectivity index (χ3v) is 5.21. The second kappa shape index (κ2) is 11.2. The number of aromatic nitrogens is 2. The van der Waals surface area contributed by atoms with Crippen molar-refractivity contribution >= 4 is 34.3 Å². The first kappa shape index (κ1) is 24.6. The average molecular weight is 482 g/mol. The minimum atomic E-state index is -0.814. The first-order valence-electron chi connectivity index (χ1n) is 9.84. The maximum absolute atomic E-state index is 14.6. The molecule has 0 saturated carbocycles. The molecule has 0 spiro atoms. The van der Waals surface area contributed by atoms with Gasteiger partial charge in [-0.15, -0.1) is 11.8 Å². The Balaban J connectivity index is 2.16. The van der Waals surface area contributed by atoms with Crippen LogP contribution in [0, 0.1) is 24.1 Å². The van der Waals surface area contributed by atoms with E-state index in [-0.39, 0.29) is 28.5 Å². The summed E-state index contributed by atoms with van der Waals surface area (Å²) in [6, 6.07) is 11.9. The van der Waals surface area contributed by atoms with Crippen molar-refractivity contribution in [2.45, 2.75) is 13.3 Å². The Labute approximate surface area is 199 Å². The number of ether oxygens (including phenoxy) is 2. The van der Waals surface area contributed by atoms with Crippen LogP contribution in [0.5, 0.6) is 5.75 Å². The van der Waals surface area contributed by atoms with Crippen LogP contribution in [-0.2, 0) is 11.2 Å². The van der Waals surface area contributed by atoms with Crippen molar-refractivity contribution < 1.29 is 23.2 Å². The molecule has 0 aliphatic heterocycles. The number of aliphatic imine (C=N–C) groups is 2. The summed E-state index contributed by atoms with van der Waals surface area (Å²) < 4.78 is 29.5. The monoisotopic (exact) mass is 481 g/mol. The van der Waals surface area contributed by atoms with Crippen LogP contribution in [-0.4, -0.2) is 47.5 Å². The molecule has 0 unspecified atom stereocenters. The van der Waals surface area contributed by atoms with Crippen LogP contribution >= 0.6 is 11.8 Å². The number of carbonyl (C=O) groups is 1. The molecule has 1 amide bonds. The van der Waals surface area contributed by atoms with E-state index in [2.05, 4.69) is 24.9 Å². The van der Waals surface area contributed by atoms with Crippen molar-refractivity contribution in [3.63, 3.8) is 0 Å². The summed E-state index contributed by atoms with van der Waals surface area (Å²) in [4.78, 5) is 24.7. The van der Waals surface area contributed by atoms with Gasteiger partial charge in [0.15, 0.2) is 11.6 Å². The molecule has 0 N–H and O–H groups in total. The number of nitrogens with zero attached hydrogens (tertiary/aromatic N) is 5. The van der Waals surface area contributed by atoms with Crippen LogP contribution in [0.15, 0.2) is 50.9 Å². The summed E-state index contributed by atoms with van der Waals surface area (Å²) in [6.45, 7) is 1.70. The molecule has 11 heteroatoms. The SMILES string of the molecule is COC(=O)/N=C(SC)/C(=N\c1ccc(-c2noc(C)n2)cc1)c1cc(CC#N)c(F)c(OC)c1. The third kappa shape index (κ3) is 5.65. The number of rotatable bonds is 6. The van der Waals surface area contributed by atoms with E-state index >= 15 is 0 Å². The molecular formula is C23H20FN5O4S. The van der Waals surface area contributed by atoms with E-state index in [0.717, 1.165) is 17.3 Å². The molecule has 0 bridgehead atoms. The molecule has 2 aromatic carbocycles. The molecule has 9 nitrogen and oxygen atoms in total. The van der Waals surface area contributed by atoms with Crippen molar-refractivity contribution in [1.29, 1.82) is 5.26 Å². The van der Waals surface area contributed by atoms with Gasteiger partial charge in [-0.05, 0) is 42.7 Å². The molecule has 0 atom stereocenters. The van der Waals surface area contributed by atoms with Gasteiger partial charge in [-0.25, -0.2) is 14.2 Å². The number of hydrogen-bond donors (Lipinski definition) is 0. The van der Waals surface area contributed by atoms with Gasteiger partial charge >= 0.3 is 6.09 Å². The molecule has 0 aliphatic rings. The number of methoxy groups -OCH3 is 2. The van der Waals surface area contributed by atoms with E-state index < -0.39 is 11.9 Å². The minimum absolute atomic E-state index is 0.0585. The molecule has 0 fully saturated rings. The Hall–Kier alpha value is -4.04. The number of benzene rings is 2. The van der Waals surface area contributed by atoms with E-state index in [1.54, 1.807) is 37.4 Å². The zero-order chi connectivity index (χ0) is 24.7. The van der Waals surface area contributed by atoms with Crippen molar-refractivity contribution in [2.75, 3.05) is 20.5 Å². The predicted molar refractivity (Wildman–Crippen MR) is 126 cm³/mol. The number of hydrogen-bond acceptors (Lipinski definition) is 9. The summed E-state index contributed by atoms with van der Waals surface area (Å²) in [7, 11) is 2.54. The van der Waals surface area contributed by atoms with Crippen LogP contribution in [0.2, 0.25) is 0 Å². The highest BCUT2D eigenvalue weighted by Crippen LogP contribution is 2.27. The highest BCUT2D eigenvalue weighted by molar-refractivity contribution is 8.15. The van der Waals surface area contributed by atoms with Gasteiger partial charge in [0.1, 0.15) is 10.8 Å². The fourth-order valence-electron chi connectivity index (χ4n) is 2.94. The topological polar surface area (TPSA) is 123 Å². The Morgan fingerprint density at radius 3 is 2.56 bits per heavy atom.